The van der Waals surface area contributed by atoms with Crippen LogP contribution in [0.15, 0.2) is 24.3 Å². The Labute approximate surface area is 108 Å². The van der Waals surface area contributed by atoms with Crippen LogP contribution in [-0.2, 0) is 0 Å². The van der Waals surface area contributed by atoms with Crippen LogP contribution in [0.3, 0.4) is 0 Å². The largest absolute Gasteiger partial charge is 0.364 e. The van der Waals surface area contributed by atoms with Gasteiger partial charge in [-0.1, -0.05) is 26.0 Å². The third-order valence-electron chi connectivity index (χ3n) is 4.41. The van der Waals surface area contributed by atoms with Crippen LogP contribution in [-0.4, -0.2) is 25.2 Å². The molecule has 0 aliphatic carbocycles. The molecule has 0 radical (unpaired) electrons. The van der Waals surface area contributed by atoms with Gasteiger partial charge in [-0.2, -0.15) is 0 Å². The van der Waals surface area contributed by atoms with Crippen molar-refractivity contribution in [3.8, 4) is 0 Å². The van der Waals surface area contributed by atoms with E-state index in [2.05, 4.69) is 24.1 Å². The first-order chi connectivity index (χ1) is 8.59. The lowest BCUT2D eigenvalue weighted by Crippen LogP contribution is -2.53. The van der Waals surface area contributed by atoms with E-state index >= 15 is 0 Å². The van der Waals surface area contributed by atoms with Gasteiger partial charge in [-0.15, -0.1) is 0 Å². The van der Waals surface area contributed by atoms with Crippen LogP contribution in [0, 0.1) is 11.2 Å². The van der Waals surface area contributed by atoms with E-state index < -0.39 is 0 Å². The summed E-state index contributed by atoms with van der Waals surface area (Å²) >= 11 is 0. The van der Waals surface area contributed by atoms with Crippen molar-refractivity contribution in [1.29, 1.82) is 0 Å². The molecular formula is C15H21FN2. The standard InChI is InChI=1S/C15H21FN2/c1-15(2)10-17-12-7-5-9-18(14(12)15)13-8-4-3-6-11(13)16/h3-4,6,8,12,14,17H,5,7,9-10H2,1-2H3. The van der Waals surface area contributed by atoms with Crippen molar-refractivity contribution in [2.75, 3.05) is 18.0 Å². The molecule has 2 saturated heterocycles. The van der Waals surface area contributed by atoms with Crippen LogP contribution >= 0.6 is 0 Å². The van der Waals surface area contributed by atoms with Crippen molar-refractivity contribution in [2.45, 2.75) is 38.8 Å². The SMILES string of the molecule is CC1(C)CNC2CCCN(c3ccccc3F)C21. The molecule has 0 aromatic heterocycles. The number of nitrogens with zero attached hydrogens (tertiary/aromatic N) is 1. The summed E-state index contributed by atoms with van der Waals surface area (Å²) in [5, 5.41) is 3.60. The van der Waals surface area contributed by atoms with Crippen LogP contribution < -0.4 is 10.2 Å². The number of benzene rings is 1. The molecule has 18 heavy (non-hydrogen) atoms. The molecule has 1 aromatic carbocycles. The highest BCUT2D eigenvalue weighted by Gasteiger charge is 2.47. The Balaban J connectivity index is 1.98. The van der Waals surface area contributed by atoms with E-state index in [0.29, 0.717) is 12.1 Å². The van der Waals surface area contributed by atoms with Crippen molar-refractivity contribution in [1.82, 2.24) is 5.32 Å². The highest BCUT2D eigenvalue weighted by atomic mass is 19.1. The summed E-state index contributed by atoms with van der Waals surface area (Å²) in [4.78, 5) is 2.28. The summed E-state index contributed by atoms with van der Waals surface area (Å²) < 4.78 is 14.0. The van der Waals surface area contributed by atoms with Gasteiger partial charge in [0, 0.05) is 19.1 Å². The molecule has 1 N–H and O–H groups in total. The molecule has 2 heterocycles. The lowest BCUT2D eigenvalue weighted by Gasteiger charge is -2.44. The van der Waals surface area contributed by atoms with Gasteiger partial charge in [-0.3, -0.25) is 0 Å². The van der Waals surface area contributed by atoms with Gasteiger partial charge in [0.2, 0.25) is 0 Å². The number of para-hydroxylation sites is 1. The minimum atomic E-state index is -0.0964. The zero-order valence-electron chi connectivity index (χ0n) is 11.1. The van der Waals surface area contributed by atoms with E-state index in [1.165, 1.54) is 6.42 Å². The average molecular weight is 248 g/mol. The summed E-state index contributed by atoms with van der Waals surface area (Å²) in [6.07, 6.45) is 2.34. The first kappa shape index (κ1) is 12.0. The van der Waals surface area contributed by atoms with Gasteiger partial charge in [0.15, 0.2) is 0 Å². The Morgan fingerprint density at radius 3 is 2.89 bits per heavy atom. The van der Waals surface area contributed by atoms with Crippen LogP contribution in [0.1, 0.15) is 26.7 Å². The Kier molecular flexibility index (Phi) is 2.81. The highest BCUT2D eigenvalue weighted by molar-refractivity contribution is 5.50. The fraction of sp³-hybridized carbons (Fsp3) is 0.600. The average Bonchev–Trinajstić information content (AvgIpc) is 2.67. The quantitative estimate of drug-likeness (QED) is 0.822. The number of hydrogen-bond acceptors (Lipinski definition) is 2. The summed E-state index contributed by atoms with van der Waals surface area (Å²) in [5.74, 6) is -0.0964. The number of piperidine rings is 1. The van der Waals surface area contributed by atoms with Crippen molar-refractivity contribution in [3.63, 3.8) is 0 Å². The van der Waals surface area contributed by atoms with E-state index in [1.54, 1.807) is 12.1 Å². The van der Waals surface area contributed by atoms with Crippen LogP contribution in [0.4, 0.5) is 10.1 Å². The van der Waals surface area contributed by atoms with E-state index in [4.69, 9.17) is 0 Å². The number of rotatable bonds is 1. The Hall–Kier alpha value is -1.09. The van der Waals surface area contributed by atoms with Gasteiger partial charge in [-0.05, 0) is 30.4 Å². The maximum Gasteiger partial charge on any atom is 0.146 e. The predicted octanol–water partition coefficient (Wildman–Crippen LogP) is 2.79. The number of hydrogen-bond donors (Lipinski definition) is 1. The van der Waals surface area contributed by atoms with Crippen LogP contribution in [0.5, 0.6) is 0 Å². The number of anilines is 1. The van der Waals surface area contributed by atoms with Gasteiger partial charge in [0.05, 0.1) is 11.7 Å². The summed E-state index contributed by atoms with van der Waals surface area (Å²) in [7, 11) is 0. The van der Waals surface area contributed by atoms with Crippen molar-refractivity contribution < 1.29 is 4.39 Å². The number of halogens is 1. The van der Waals surface area contributed by atoms with Crippen molar-refractivity contribution in [3.05, 3.63) is 30.1 Å². The summed E-state index contributed by atoms with van der Waals surface area (Å²) in [6, 6.07) is 8.08. The van der Waals surface area contributed by atoms with E-state index in [-0.39, 0.29) is 11.2 Å². The van der Waals surface area contributed by atoms with Crippen LogP contribution in [0.25, 0.3) is 0 Å². The predicted molar refractivity (Wildman–Crippen MR) is 72.3 cm³/mol. The monoisotopic (exact) mass is 248 g/mol. The smallest absolute Gasteiger partial charge is 0.146 e. The van der Waals surface area contributed by atoms with Gasteiger partial charge in [-0.25, -0.2) is 4.39 Å². The Morgan fingerprint density at radius 1 is 1.33 bits per heavy atom. The molecular weight excluding hydrogens is 227 g/mol. The zero-order chi connectivity index (χ0) is 12.8. The fourth-order valence-electron chi connectivity index (χ4n) is 3.63. The third kappa shape index (κ3) is 1.81. The van der Waals surface area contributed by atoms with E-state index in [9.17, 15) is 4.39 Å². The molecule has 2 aliphatic rings. The maximum atomic E-state index is 14.0. The molecule has 2 unspecified atom stereocenters. The van der Waals surface area contributed by atoms with Crippen molar-refractivity contribution in [2.24, 2.45) is 5.41 Å². The number of fused-ring (bicyclic) bond motifs is 1. The molecule has 0 amide bonds. The Bertz CT molecular complexity index is 444. The maximum absolute atomic E-state index is 14.0. The fourth-order valence-corrected chi connectivity index (χ4v) is 3.63. The van der Waals surface area contributed by atoms with E-state index in [0.717, 1.165) is 25.2 Å². The molecule has 98 valence electrons. The second-order valence-electron chi connectivity index (χ2n) is 6.21. The van der Waals surface area contributed by atoms with Crippen LogP contribution in [0.2, 0.25) is 0 Å². The van der Waals surface area contributed by atoms with Crippen molar-refractivity contribution >= 4 is 5.69 Å². The van der Waals surface area contributed by atoms with E-state index in [1.807, 2.05) is 12.1 Å². The lowest BCUT2D eigenvalue weighted by molar-refractivity contribution is 0.290. The molecule has 0 saturated carbocycles. The molecule has 2 aliphatic heterocycles. The third-order valence-corrected chi connectivity index (χ3v) is 4.41. The molecule has 0 bridgehead atoms. The van der Waals surface area contributed by atoms with Gasteiger partial charge in [0.1, 0.15) is 5.82 Å². The van der Waals surface area contributed by atoms with Gasteiger partial charge < -0.3 is 10.2 Å². The summed E-state index contributed by atoms with van der Waals surface area (Å²) in [6.45, 7) is 6.55. The molecule has 2 atom stereocenters. The zero-order valence-corrected chi connectivity index (χ0v) is 11.1. The summed E-state index contributed by atoms with van der Waals surface area (Å²) in [5.41, 5.74) is 0.969. The first-order valence-corrected chi connectivity index (χ1v) is 6.84. The second-order valence-corrected chi connectivity index (χ2v) is 6.21. The normalized spacial score (nSPS) is 30.3. The minimum Gasteiger partial charge on any atom is -0.364 e. The lowest BCUT2D eigenvalue weighted by atomic mass is 9.80. The van der Waals surface area contributed by atoms with Gasteiger partial charge >= 0.3 is 0 Å². The number of nitrogens with one attached hydrogen (secondary N) is 1. The molecule has 2 nitrogen and oxygen atoms in total. The molecule has 1 aromatic rings. The minimum absolute atomic E-state index is 0.0964. The van der Waals surface area contributed by atoms with Gasteiger partial charge in [0.25, 0.3) is 0 Å². The first-order valence-electron chi connectivity index (χ1n) is 6.84. The molecule has 3 rings (SSSR count). The Morgan fingerprint density at radius 2 is 2.11 bits per heavy atom. The highest BCUT2D eigenvalue weighted by Crippen LogP contribution is 2.39. The molecule has 0 spiro atoms. The topological polar surface area (TPSA) is 15.3 Å². The molecule has 3 heteroatoms. The molecule has 2 fully saturated rings. The second kappa shape index (κ2) is 4.23.